The van der Waals surface area contributed by atoms with E-state index >= 15 is 0 Å². The Kier molecular flexibility index (Phi) is 6.36. The van der Waals surface area contributed by atoms with Crippen LogP contribution in [0.5, 0.6) is 0 Å². The van der Waals surface area contributed by atoms with Crippen LogP contribution in [0.25, 0.3) is 0 Å². The van der Waals surface area contributed by atoms with Crippen LogP contribution in [0.4, 0.5) is 10.1 Å². The molecule has 3 rings (SSSR count). The summed E-state index contributed by atoms with van der Waals surface area (Å²) in [6, 6.07) is 9.71. The van der Waals surface area contributed by atoms with Crippen molar-refractivity contribution in [3.05, 3.63) is 64.5 Å². The Morgan fingerprint density at radius 2 is 1.62 bits per heavy atom. The lowest BCUT2D eigenvalue weighted by Crippen LogP contribution is -2.51. The van der Waals surface area contributed by atoms with Crippen molar-refractivity contribution < 1.29 is 17.6 Å². The average Bonchev–Trinajstić information content (AvgIpc) is 2.63. The summed E-state index contributed by atoms with van der Waals surface area (Å²) < 4.78 is 41.5. The number of rotatable bonds is 5. The van der Waals surface area contributed by atoms with Crippen LogP contribution in [0.15, 0.2) is 36.4 Å². The largest absolute Gasteiger partial charge is 0.324 e. The number of amides is 1. The second-order valence-electron chi connectivity index (χ2n) is 7.48. The minimum absolute atomic E-state index is 0.150. The number of carbonyl (C=O) groups excluding carboxylic acids is 1. The molecule has 1 N–H and O–H groups in total. The number of nitrogens with one attached hydrogen (secondary N) is 1. The maximum Gasteiger partial charge on any atom is 0.282 e. The average molecular weight is 420 g/mol. The summed E-state index contributed by atoms with van der Waals surface area (Å²) in [6.45, 7) is 6.39. The van der Waals surface area contributed by atoms with Crippen LogP contribution >= 0.6 is 0 Å². The normalized spacial score (nSPS) is 17.2. The van der Waals surface area contributed by atoms with Crippen molar-refractivity contribution in [2.24, 2.45) is 0 Å². The molecule has 0 radical (unpaired) electrons. The van der Waals surface area contributed by atoms with Gasteiger partial charge < -0.3 is 5.32 Å². The highest BCUT2D eigenvalue weighted by molar-refractivity contribution is 7.86. The van der Waals surface area contributed by atoms with Crippen LogP contribution in [-0.2, 0) is 21.5 Å². The van der Waals surface area contributed by atoms with Gasteiger partial charge in [-0.3, -0.25) is 4.79 Å². The van der Waals surface area contributed by atoms with E-state index in [9.17, 15) is 17.6 Å². The van der Waals surface area contributed by atoms with Gasteiger partial charge in [-0.25, -0.2) is 4.39 Å². The Bertz CT molecular complexity index is 983. The molecule has 1 fully saturated rings. The van der Waals surface area contributed by atoms with Gasteiger partial charge in [-0.2, -0.15) is 17.0 Å². The topological polar surface area (TPSA) is 69.7 Å². The molecule has 0 bridgehead atoms. The fourth-order valence-corrected chi connectivity index (χ4v) is 5.29. The molecule has 0 atom stereocenters. The summed E-state index contributed by atoms with van der Waals surface area (Å²) >= 11 is 0. The number of nitrogens with zero attached hydrogens (tertiary/aromatic N) is 2. The molecule has 2 aromatic carbocycles. The van der Waals surface area contributed by atoms with Crippen molar-refractivity contribution in [1.82, 2.24) is 8.61 Å². The van der Waals surface area contributed by atoms with Gasteiger partial charge in [-0.05, 0) is 56.0 Å². The number of hydrogen-bond donors (Lipinski definition) is 1. The summed E-state index contributed by atoms with van der Waals surface area (Å²) in [5, 5.41) is 2.86. The lowest BCUT2D eigenvalue weighted by atomic mass is 10.1. The minimum Gasteiger partial charge on any atom is -0.324 e. The summed E-state index contributed by atoms with van der Waals surface area (Å²) in [5.74, 6) is -0.734. The Hall–Kier alpha value is -2.29. The van der Waals surface area contributed by atoms with Crippen LogP contribution in [0, 0.1) is 26.6 Å². The minimum atomic E-state index is -3.77. The standard InChI is InChI=1S/C21H26FN3O3S/c1-15-11-16(2)21(17(3)12-15)23-20(26)14-25-10-4-9-24(29(25,27)28)13-18-5-7-19(22)8-6-18/h5-8,11-12H,4,9-10,13-14H2,1-3H3,(H,23,26). The number of hydrogen-bond acceptors (Lipinski definition) is 3. The quantitative estimate of drug-likeness (QED) is 0.810. The predicted octanol–water partition coefficient (Wildman–Crippen LogP) is 3.14. The molecular weight excluding hydrogens is 393 g/mol. The maximum absolute atomic E-state index is 13.1. The van der Waals surface area contributed by atoms with Crippen molar-refractivity contribution in [1.29, 1.82) is 0 Å². The summed E-state index contributed by atoms with van der Waals surface area (Å²) in [7, 11) is -3.77. The third-order valence-electron chi connectivity index (χ3n) is 5.00. The van der Waals surface area contributed by atoms with E-state index in [-0.39, 0.29) is 24.8 Å². The summed E-state index contributed by atoms with van der Waals surface area (Å²) in [5.41, 5.74) is 4.41. The van der Waals surface area contributed by atoms with E-state index < -0.39 is 10.2 Å². The molecule has 0 spiro atoms. The van der Waals surface area contributed by atoms with E-state index in [1.807, 2.05) is 32.9 Å². The lowest BCUT2D eigenvalue weighted by Gasteiger charge is -2.34. The molecule has 6 nitrogen and oxygen atoms in total. The number of halogens is 1. The third-order valence-corrected chi connectivity index (χ3v) is 6.93. The van der Waals surface area contributed by atoms with Gasteiger partial charge >= 0.3 is 0 Å². The first-order valence-electron chi connectivity index (χ1n) is 9.54. The fourth-order valence-electron chi connectivity index (χ4n) is 3.65. The van der Waals surface area contributed by atoms with Gasteiger partial charge in [0.15, 0.2) is 0 Å². The van der Waals surface area contributed by atoms with Crippen LogP contribution in [0.1, 0.15) is 28.7 Å². The van der Waals surface area contributed by atoms with Gasteiger partial charge in [0, 0.05) is 25.3 Å². The Morgan fingerprint density at radius 3 is 2.24 bits per heavy atom. The monoisotopic (exact) mass is 419 g/mol. The molecule has 0 unspecified atom stereocenters. The first-order chi connectivity index (χ1) is 13.7. The Balaban J connectivity index is 1.70. The highest BCUT2D eigenvalue weighted by Gasteiger charge is 2.34. The van der Waals surface area contributed by atoms with Gasteiger partial charge in [0.2, 0.25) is 5.91 Å². The van der Waals surface area contributed by atoms with Crippen molar-refractivity contribution in [3.63, 3.8) is 0 Å². The molecular formula is C21H26FN3O3S. The zero-order valence-corrected chi connectivity index (χ0v) is 17.7. The highest BCUT2D eigenvalue weighted by atomic mass is 32.2. The van der Waals surface area contributed by atoms with Crippen LogP contribution < -0.4 is 5.32 Å². The van der Waals surface area contributed by atoms with Crippen LogP contribution in [0.3, 0.4) is 0 Å². The third kappa shape index (κ3) is 5.01. The molecule has 156 valence electrons. The molecule has 8 heteroatoms. The molecule has 1 heterocycles. The second kappa shape index (κ2) is 8.61. The highest BCUT2D eigenvalue weighted by Crippen LogP contribution is 2.23. The first-order valence-corrected chi connectivity index (χ1v) is 10.9. The van der Waals surface area contributed by atoms with E-state index in [0.29, 0.717) is 25.1 Å². The molecule has 0 aliphatic carbocycles. The Labute approximate surface area is 171 Å². The van der Waals surface area contributed by atoms with Gasteiger partial charge in [-0.1, -0.05) is 29.8 Å². The van der Waals surface area contributed by atoms with E-state index in [2.05, 4.69) is 5.32 Å². The zero-order valence-electron chi connectivity index (χ0n) is 16.9. The maximum atomic E-state index is 13.1. The van der Waals surface area contributed by atoms with E-state index in [4.69, 9.17) is 0 Å². The SMILES string of the molecule is Cc1cc(C)c(NC(=O)CN2CCCN(Cc3ccc(F)cc3)S2(=O)=O)c(C)c1. The van der Waals surface area contributed by atoms with Gasteiger partial charge in [0.1, 0.15) is 5.82 Å². The number of carbonyl (C=O) groups is 1. The van der Waals surface area contributed by atoms with Gasteiger partial charge in [0.05, 0.1) is 6.54 Å². The van der Waals surface area contributed by atoms with E-state index in [1.54, 1.807) is 12.1 Å². The molecule has 1 saturated heterocycles. The van der Waals surface area contributed by atoms with E-state index in [1.165, 1.54) is 20.7 Å². The number of anilines is 1. The molecule has 0 aromatic heterocycles. The van der Waals surface area contributed by atoms with Crippen LogP contribution in [-0.4, -0.2) is 42.6 Å². The predicted molar refractivity (Wildman–Crippen MR) is 111 cm³/mol. The number of benzene rings is 2. The first kappa shape index (κ1) is 21.4. The van der Waals surface area contributed by atoms with Crippen molar-refractivity contribution >= 4 is 21.8 Å². The molecule has 0 saturated carbocycles. The summed E-state index contributed by atoms with van der Waals surface area (Å²) in [4.78, 5) is 12.6. The van der Waals surface area contributed by atoms with Gasteiger partial charge in [0.25, 0.3) is 10.2 Å². The van der Waals surface area contributed by atoms with E-state index in [0.717, 1.165) is 22.4 Å². The molecule has 29 heavy (non-hydrogen) atoms. The Morgan fingerprint density at radius 1 is 1.03 bits per heavy atom. The van der Waals surface area contributed by atoms with Crippen molar-refractivity contribution in [2.45, 2.75) is 33.7 Å². The molecule has 1 aliphatic heterocycles. The summed E-state index contributed by atoms with van der Waals surface area (Å²) in [6.07, 6.45) is 0.621. The fraction of sp³-hybridized carbons (Fsp3) is 0.381. The van der Waals surface area contributed by atoms with Gasteiger partial charge in [-0.15, -0.1) is 0 Å². The lowest BCUT2D eigenvalue weighted by molar-refractivity contribution is -0.116. The molecule has 1 aliphatic rings. The van der Waals surface area contributed by atoms with Crippen LogP contribution in [0.2, 0.25) is 0 Å². The molecule has 1 amide bonds. The second-order valence-corrected chi connectivity index (χ2v) is 9.41. The smallest absolute Gasteiger partial charge is 0.282 e. The molecule has 2 aromatic rings. The number of aryl methyl sites for hydroxylation is 3. The van der Waals surface area contributed by atoms with Crippen molar-refractivity contribution in [3.8, 4) is 0 Å². The van der Waals surface area contributed by atoms with Crippen molar-refractivity contribution in [2.75, 3.05) is 25.0 Å². The zero-order chi connectivity index (χ0) is 21.2.